The van der Waals surface area contributed by atoms with E-state index in [1.165, 1.54) is 19.4 Å². The number of aryl methyl sites for hydroxylation is 1. The molecule has 1 aromatic rings. The third-order valence-corrected chi connectivity index (χ3v) is 4.77. The Morgan fingerprint density at radius 1 is 1.35 bits per heavy atom. The van der Waals surface area contributed by atoms with E-state index in [1.807, 2.05) is 11.9 Å². The molecule has 0 aromatic carbocycles. The number of rotatable bonds is 3. The molecule has 0 atom stereocenters. The molecule has 3 rings (SSSR count). The quantitative estimate of drug-likeness (QED) is 0.841. The first-order valence-corrected chi connectivity index (χ1v) is 8.13. The second kappa shape index (κ2) is 5.85. The molecule has 5 nitrogen and oxygen atoms in total. The number of hydrogen-bond donors (Lipinski definition) is 0. The van der Waals surface area contributed by atoms with E-state index in [0.717, 1.165) is 43.0 Å². The highest BCUT2D eigenvalue weighted by atomic mass is 79.9. The van der Waals surface area contributed by atoms with Gasteiger partial charge >= 0.3 is 0 Å². The molecule has 1 aliphatic heterocycles. The summed E-state index contributed by atoms with van der Waals surface area (Å²) in [5, 5.41) is 4.13. The third-order valence-electron chi connectivity index (χ3n) is 4.19. The highest BCUT2D eigenvalue weighted by Crippen LogP contribution is 2.30. The van der Waals surface area contributed by atoms with Crippen molar-refractivity contribution >= 4 is 21.8 Å². The first-order chi connectivity index (χ1) is 9.65. The zero-order valence-electron chi connectivity index (χ0n) is 11.9. The van der Waals surface area contributed by atoms with Crippen molar-refractivity contribution in [2.45, 2.75) is 19.3 Å². The summed E-state index contributed by atoms with van der Waals surface area (Å²) in [7, 11) is 1.81. The standard InChI is InChI=1S/C14H21BrN4O/c1-17-13(12(15)9-16-17)14(20)19-6-2-5-18(7-8-19)10-11-3-4-11/h9,11H,2-8,10H2,1H3. The zero-order chi connectivity index (χ0) is 14.1. The van der Waals surface area contributed by atoms with Gasteiger partial charge in [-0.05, 0) is 47.7 Å². The first kappa shape index (κ1) is 14.1. The third kappa shape index (κ3) is 3.06. The van der Waals surface area contributed by atoms with Gasteiger partial charge in [0.05, 0.1) is 10.7 Å². The maximum absolute atomic E-state index is 12.6. The summed E-state index contributed by atoms with van der Waals surface area (Å²) in [6.45, 7) is 5.00. The van der Waals surface area contributed by atoms with Crippen LogP contribution < -0.4 is 0 Å². The van der Waals surface area contributed by atoms with Crippen LogP contribution in [0.1, 0.15) is 29.8 Å². The molecule has 1 amide bonds. The van der Waals surface area contributed by atoms with Crippen molar-refractivity contribution in [3.8, 4) is 0 Å². The first-order valence-electron chi connectivity index (χ1n) is 7.34. The number of aromatic nitrogens is 2. The minimum atomic E-state index is 0.0881. The normalized spacial score (nSPS) is 21.0. The largest absolute Gasteiger partial charge is 0.336 e. The van der Waals surface area contributed by atoms with Crippen LogP contribution in [0.2, 0.25) is 0 Å². The highest BCUT2D eigenvalue weighted by Gasteiger charge is 2.27. The lowest BCUT2D eigenvalue weighted by molar-refractivity contribution is 0.0749. The SMILES string of the molecule is Cn1ncc(Br)c1C(=O)N1CCCN(CC2CC2)CC1. The van der Waals surface area contributed by atoms with Gasteiger partial charge in [0.25, 0.3) is 5.91 Å². The molecular weight excluding hydrogens is 320 g/mol. The molecular formula is C14H21BrN4O. The minimum Gasteiger partial charge on any atom is -0.336 e. The monoisotopic (exact) mass is 340 g/mol. The molecule has 0 bridgehead atoms. The Balaban J connectivity index is 1.63. The second-order valence-electron chi connectivity index (χ2n) is 5.85. The number of amides is 1. The van der Waals surface area contributed by atoms with Gasteiger partial charge < -0.3 is 9.80 Å². The van der Waals surface area contributed by atoms with Crippen molar-refractivity contribution in [3.05, 3.63) is 16.4 Å². The maximum Gasteiger partial charge on any atom is 0.273 e. The number of hydrogen-bond acceptors (Lipinski definition) is 3. The summed E-state index contributed by atoms with van der Waals surface area (Å²) < 4.78 is 2.43. The number of nitrogens with zero attached hydrogens (tertiary/aromatic N) is 4. The molecule has 1 saturated heterocycles. The Bertz CT molecular complexity index is 478. The van der Waals surface area contributed by atoms with Crippen LogP contribution in [0.3, 0.4) is 0 Å². The fourth-order valence-electron chi connectivity index (χ4n) is 2.82. The Labute approximate surface area is 128 Å². The predicted octanol–water partition coefficient (Wildman–Crippen LogP) is 1.74. The van der Waals surface area contributed by atoms with Gasteiger partial charge in [-0.3, -0.25) is 9.48 Å². The van der Waals surface area contributed by atoms with E-state index in [4.69, 9.17) is 0 Å². The Hall–Kier alpha value is -0.880. The topological polar surface area (TPSA) is 41.4 Å². The van der Waals surface area contributed by atoms with Crippen molar-refractivity contribution in [2.75, 3.05) is 32.7 Å². The fourth-order valence-corrected chi connectivity index (χ4v) is 3.34. The van der Waals surface area contributed by atoms with Crippen molar-refractivity contribution in [2.24, 2.45) is 13.0 Å². The van der Waals surface area contributed by atoms with Gasteiger partial charge in [-0.2, -0.15) is 5.10 Å². The summed E-state index contributed by atoms with van der Waals surface area (Å²) >= 11 is 3.42. The van der Waals surface area contributed by atoms with E-state index in [2.05, 4.69) is 25.9 Å². The lowest BCUT2D eigenvalue weighted by Gasteiger charge is -2.22. The smallest absolute Gasteiger partial charge is 0.273 e. The Morgan fingerprint density at radius 2 is 2.15 bits per heavy atom. The number of carbonyl (C=O) groups is 1. The molecule has 1 saturated carbocycles. The maximum atomic E-state index is 12.6. The van der Waals surface area contributed by atoms with Crippen molar-refractivity contribution in [1.82, 2.24) is 19.6 Å². The molecule has 1 aromatic heterocycles. The molecule has 2 aliphatic rings. The summed E-state index contributed by atoms with van der Waals surface area (Å²) in [5.41, 5.74) is 0.653. The molecule has 1 aliphatic carbocycles. The summed E-state index contributed by atoms with van der Waals surface area (Å²) in [4.78, 5) is 17.1. The van der Waals surface area contributed by atoms with Crippen LogP contribution >= 0.6 is 15.9 Å². The van der Waals surface area contributed by atoms with Gasteiger partial charge in [0.15, 0.2) is 0 Å². The van der Waals surface area contributed by atoms with Crippen molar-refractivity contribution < 1.29 is 4.79 Å². The molecule has 110 valence electrons. The summed E-state index contributed by atoms with van der Waals surface area (Å²) in [5.74, 6) is 1.01. The lowest BCUT2D eigenvalue weighted by Crippen LogP contribution is -2.36. The van der Waals surface area contributed by atoms with Crippen LogP contribution in [-0.2, 0) is 7.05 Å². The number of halogens is 1. The van der Waals surface area contributed by atoms with E-state index in [-0.39, 0.29) is 5.91 Å². The average Bonchev–Trinajstić information content (AvgIpc) is 3.20. The minimum absolute atomic E-state index is 0.0881. The van der Waals surface area contributed by atoms with Crippen molar-refractivity contribution in [3.63, 3.8) is 0 Å². The van der Waals surface area contributed by atoms with E-state index in [1.54, 1.807) is 10.9 Å². The second-order valence-corrected chi connectivity index (χ2v) is 6.71. The lowest BCUT2D eigenvalue weighted by atomic mass is 10.3. The molecule has 0 spiro atoms. The molecule has 2 heterocycles. The van der Waals surface area contributed by atoms with Gasteiger partial charge in [0, 0.05) is 33.2 Å². The molecule has 2 fully saturated rings. The van der Waals surface area contributed by atoms with Gasteiger partial charge in [-0.1, -0.05) is 0 Å². The Kier molecular flexibility index (Phi) is 4.12. The van der Waals surface area contributed by atoms with Crippen LogP contribution in [0.25, 0.3) is 0 Å². The molecule has 20 heavy (non-hydrogen) atoms. The van der Waals surface area contributed by atoms with E-state index < -0.39 is 0 Å². The van der Waals surface area contributed by atoms with Gasteiger partial charge in [0.1, 0.15) is 5.69 Å². The van der Waals surface area contributed by atoms with Crippen LogP contribution in [-0.4, -0.2) is 58.2 Å². The summed E-state index contributed by atoms with van der Waals surface area (Å²) in [6, 6.07) is 0. The summed E-state index contributed by atoms with van der Waals surface area (Å²) in [6.07, 6.45) is 5.53. The molecule has 0 radical (unpaired) electrons. The van der Waals surface area contributed by atoms with Crippen LogP contribution in [0.15, 0.2) is 10.7 Å². The highest BCUT2D eigenvalue weighted by molar-refractivity contribution is 9.10. The average molecular weight is 341 g/mol. The Morgan fingerprint density at radius 3 is 2.80 bits per heavy atom. The van der Waals surface area contributed by atoms with E-state index in [9.17, 15) is 4.79 Å². The van der Waals surface area contributed by atoms with Crippen LogP contribution in [0.5, 0.6) is 0 Å². The molecule has 0 unspecified atom stereocenters. The van der Waals surface area contributed by atoms with Crippen LogP contribution in [0.4, 0.5) is 0 Å². The fraction of sp³-hybridized carbons (Fsp3) is 0.714. The van der Waals surface area contributed by atoms with E-state index >= 15 is 0 Å². The van der Waals surface area contributed by atoms with Gasteiger partial charge in [-0.25, -0.2) is 0 Å². The predicted molar refractivity (Wildman–Crippen MR) is 80.6 cm³/mol. The molecule has 6 heteroatoms. The van der Waals surface area contributed by atoms with Crippen molar-refractivity contribution in [1.29, 1.82) is 0 Å². The zero-order valence-corrected chi connectivity index (χ0v) is 13.5. The van der Waals surface area contributed by atoms with E-state index in [0.29, 0.717) is 5.69 Å². The van der Waals surface area contributed by atoms with Crippen LogP contribution in [0, 0.1) is 5.92 Å². The van der Waals surface area contributed by atoms with Gasteiger partial charge in [-0.15, -0.1) is 0 Å². The number of carbonyl (C=O) groups excluding carboxylic acids is 1. The molecule has 0 N–H and O–H groups in total. The van der Waals surface area contributed by atoms with Gasteiger partial charge in [0.2, 0.25) is 0 Å².